The van der Waals surface area contributed by atoms with Crippen LogP contribution in [0.4, 0.5) is 11.4 Å². The van der Waals surface area contributed by atoms with Crippen molar-refractivity contribution in [1.29, 1.82) is 0 Å². The Morgan fingerprint density at radius 3 is 2.44 bits per heavy atom. The van der Waals surface area contributed by atoms with Crippen LogP contribution in [0.3, 0.4) is 0 Å². The van der Waals surface area contributed by atoms with Gasteiger partial charge in [0, 0.05) is 31.0 Å². The zero-order valence-electron chi connectivity index (χ0n) is 15.2. The first-order valence-electron chi connectivity index (χ1n) is 9.24. The molecule has 0 saturated carbocycles. The van der Waals surface area contributed by atoms with Crippen LogP contribution in [0.5, 0.6) is 0 Å². The van der Waals surface area contributed by atoms with E-state index in [1.807, 2.05) is 42.5 Å². The molecule has 0 radical (unpaired) electrons. The van der Waals surface area contributed by atoms with Crippen molar-refractivity contribution in [3.63, 3.8) is 0 Å². The fraction of sp³-hybridized carbons (Fsp3) is 0.333. The lowest BCUT2D eigenvalue weighted by molar-refractivity contribution is -0.113. The Morgan fingerprint density at radius 2 is 1.74 bits per heavy atom. The smallest absolute Gasteiger partial charge is 0.253 e. The van der Waals surface area contributed by atoms with Crippen molar-refractivity contribution in [3.8, 4) is 0 Å². The van der Waals surface area contributed by atoms with Crippen LogP contribution < -0.4 is 15.5 Å². The molecule has 27 heavy (non-hydrogen) atoms. The summed E-state index contributed by atoms with van der Waals surface area (Å²) in [5.41, 5.74) is 3.09. The van der Waals surface area contributed by atoms with E-state index in [0.29, 0.717) is 17.8 Å². The Hall–Kier alpha value is -2.53. The van der Waals surface area contributed by atoms with Gasteiger partial charge in [0.25, 0.3) is 5.91 Å². The van der Waals surface area contributed by atoms with Gasteiger partial charge in [-0.1, -0.05) is 30.3 Å². The normalized spacial score (nSPS) is 13.9. The van der Waals surface area contributed by atoms with Gasteiger partial charge in [0.1, 0.15) is 5.88 Å². The van der Waals surface area contributed by atoms with Gasteiger partial charge < -0.3 is 15.5 Å². The highest BCUT2D eigenvalue weighted by molar-refractivity contribution is 6.29. The van der Waals surface area contributed by atoms with Crippen molar-refractivity contribution in [2.24, 2.45) is 0 Å². The van der Waals surface area contributed by atoms with Gasteiger partial charge in [-0.25, -0.2) is 0 Å². The highest BCUT2D eigenvalue weighted by atomic mass is 35.5. The SMILES string of the molecule is O=C(CCl)Nc1ccc(N2CCCCC2)c(C(=O)NCc2ccccc2)c1. The summed E-state index contributed by atoms with van der Waals surface area (Å²) < 4.78 is 0. The molecule has 2 amide bonds. The Balaban J connectivity index is 1.82. The largest absolute Gasteiger partial charge is 0.371 e. The van der Waals surface area contributed by atoms with E-state index in [9.17, 15) is 9.59 Å². The quantitative estimate of drug-likeness (QED) is 0.744. The molecule has 1 aliphatic heterocycles. The number of halogens is 1. The molecule has 6 heteroatoms. The number of anilines is 2. The summed E-state index contributed by atoms with van der Waals surface area (Å²) in [6, 6.07) is 15.3. The Labute approximate surface area is 164 Å². The number of alkyl halides is 1. The van der Waals surface area contributed by atoms with Gasteiger partial charge in [0.15, 0.2) is 0 Å². The minimum Gasteiger partial charge on any atom is -0.371 e. The van der Waals surface area contributed by atoms with Crippen LogP contribution in [-0.4, -0.2) is 30.8 Å². The number of rotatable bonds is 6. The van der Waals surface area contributed by atoms with E-state index in [1.165, 1.54) is 6.42 Å². The van der Waals surface area contributed by atoms with E-state index in [1.54, 1.807) is 6.07 Å². The number of nitrogens with one attached hydrogen (secondary N) is 2. The first kappa shape index (κ1) is 19.2. The van der Waals surface area contributed by atoms with Crippen LogP contribution in [0.1, 0.15) is 35.2 Å². The highest BCUT2D eigenvalue weighted by Crippen LogP contribution is 2.27. The number of carbonyl (C=O) groups excluding carboxylic acids is 2. The van der Waals surface area contributed by atoms with Gasteiger partial charge in [-0.3, -0.25) is 9.59 Å². The zero-order chi connectivity index (χ0) is 19.1. The third-order valence-electron chi connectivity index (χ3n) is 4.64. The lowest BCUT2D eigenvalue weighted by Gasteiger charge is -2.30. The van der Waals surface area contributed by atoms with Crippen molar-refractivity contribution < 1.29 is 9.59 Å². The molecule has 0 spiro atoms. The number of hydrogen-bond acceptors (Lipinski definition) is 3. The minimum atomic E-state index is -0.293. The van der Waals surface area contributed by atoms with E-state index in [4.69, 9.17) is 11.6 Å². The molecule has 5 nitrogen and oxygen atoms in total. The molecule has 0 aromatic heterocycles. The van der Waals surface area contributed by atoms with Crippen molar-refractivity contribution in [2.75, 3.05) is 29.2 Å². The summed E-state index contributed by atoms with van der Waals surface area (Å²) >= 11 is 5.58. The topological polar surface area (TPSA) is 61.4 Å². The van der Waals surface area contributed by atoms with Gasteiger partial charge in [-0.15, -0.1) is 11.6 Å². The summed E-state index contributed by atoms with van der Waals surface area (Å²) in [6.07, 6.45) is 3.46. The van der Waals surface area contributed by atoms with Gasteiger partial charge in [-0.05, 0) is 43.0 Å². The molecule has 1 fully saturated rings. The summed E-state index contributed by atoms with van der Waals surface area (Å²) in [6.45, 7) is 2.33. The Bertz CT molecular complexity index is 789. The molecule has 1 saturated heterocycles. The van der Waals surface area contributed by atoms with Crippen molar-refractivity contribution >= 4 is 34.8 Å². The summed E-state index contributed by atoms with van der Waals surface area (Å²) in [5, 5.41) is 5.71. The average Bonchev–Trinajstić information content (AvgIpc) is 2.73. The lowest BCUT2D eigenvalue weighted by Crippen LogP contribution is -2.32. The van der Waals surface area contributed by atoms with Crippen LogP contribution in [-0.2, 0) is 11.3 Å². The van der Waals surface area contributed by atoms with Crippen molar-refractivity contribution in [2.45, 2.75) is 25.8 Å². The monoisotopic (exact) mass is 385 g/mol. The fourth-order valence-electron chi connectivity index (χ4n) is 3.27. The average molecular weight is 386 g/mol. The van der Waals surface area contributed by atoms with Gasteiger partial charge in [0.2, 0.25) is 5.91 Å². The number of hydrogen-bond donors (Lipinski definition) is 2. The standard InChI is InChI=1S/C21H24ClN3O2/c22-14-20(26)24-17-9-10-19(25-11-5-2-6-12-25)18(13-17)21(27)23-15-16-7-3-1-4-8-16/h1,3-4,7-10,13H,2,5-6,11-12,14-15H2,(H,23,27)(H,24,26). The molecule has 0 bridgehead atoms. The van der Waals surface area contributed by atoms with Crippen LogP contribution in [0.2, 0.25) is 0 Å². The van der Waals surface area contributed by atoms with E-state index >= 15 is 0 Å². The predicted molar refractivity (Wildman–Crippen MR) is 109 cm³/mol. The maximum atomic E-state index is 12.9. The summed E-state index contributed by atoms with van der Waals surface area (Å²) in [7, 11) is 0. The molecule has 142 valence electrons. The summed E-state index contributed by atoms with van der Waals surface area (Å²) in [4.78, 5) is 26.8. The van der Waals surface area contributed by atoms with Crippen LogP contribution in [0, 0.1) is 0 Å². The number of benzene rings is 2. The molecule has 2 N–H and O–H groups in total. The van der Waals surface area contributed by atoms with Crippen LogP contribution in [0.25, 0.3) is 0 Å². The van der Waals surface area contributed by atoms with E-state index < -0.39 is 0 Å². The fourth-order valence-corrected chi connectivity index (χ4v) is 3.34. The third-order valence-corrected chi connectivity index (χ3v) is 4.88. The number of piperidine rings is 1. The van der Waals surface area contributed by atoms with Gasteiger partial charge in [0.05, 0.1) is 5.56 Å². The molecule has 3 rings (SSSR count). The summed E-state index contributed by atoms with van der Waals surface area (Å²) in [5.74, 6) is -0.567. The lowest BCUT2D eigenvalue weighted by atomic mass is 10.1. The second-order valence-corrected chi connectivity index (χ2v) is 6.90. The maximum absolute atomic E-state index is 12.9. The van der Waals surface area contributed by atoms with Gasteiger partial charge >= 0.3 is 0 Å². The third kappa shape index (κ3) is 5.23. The van der Waals surface area contributed by atoms with Crippen molar-refractivity contribution in [3.05, 3.63) is 59.7 Å². The molecule has 1 heterocycles. The van der Waals surface area contributed by atoms with Crippen molar-refractivity contribution in [1.82, 2.24) is 5.32 Å². The maximum Gasteiger partial charge on any atom is 0.253 e. The molecular weight excluding hydrogens is 362 g/mol. The molecular formula is C21H24ClN3O2. The first-order valence-corrected chi connectivity index (χ1v) is 9.78. The molecule has 0 aliphatic carbocycles. The first-order chi connectivity index (χ1) is 13.2. The highest BCUT2D eigenvalue weighted by Gasteiger charge is 2.19. The van der Waals surface area contributed by atoms with E-state index in [-0.39, 0.29) is 17.7 Å². The number of nitrogens with zero attached hydrogens (tertiary/aromatic N) is 1. The minimum absolute atomic E-state index is 0.122. The second-order valence-electron chi connectivity index (χ2n) is 6.63. The Morgan fingerprint density at radius 1 is 1.00 bits per heavy atom. The number of amides is 2. The zero-order valence-corrected chi connectivity index (χ0v) is 16.0. The van der Waals surface area contributed by atoms with Gasteiger partial charge in [-0.2, -0.15) is 0 Å². The second kappa shape index (κ2) is 9.42. The molecule has 1 aliphatic rings. The number of carbonyl (C=O) groups is 2. The van der Waals surface area contributed by atoms with Crippen LogP contribution in [0.15, 0.2) is 48.5 Å². The van der Waals surface area contributed by atoms with E-state index in [0.717, 1.165) is 37.2 Å². The Kier molecular flexibility index (Phi) is 6.71. The van der Waals surface area contributed by atoms with E-state index in [2.05, 4.69) is 15.5 Å². The molecule has 0 atom stereocenters. The molecule has 2 aromatic carbocycles. The van der Waals surface area contributed by atoms with Crippen LogP contribution >= 0.6 is 11.6 Å². The molecule has 0 unspecified atom stereocenters. The predicted octanol–water partition coefficient (Wildman–Crippen LogP) is 3.78. The molecule has 2 aromatic rings.